The molecule has 0 spiro atoms. The van der Waals surface area contributed by atoms with Gasteiger partial charge in [0.15, 0.2) is 27.0 Å². The predicted octanol–water partition coefficient (Wildman–Crippen LogP) is 8.25. The number of carbonyl (C=O) groups excluding carboxylic acids is 2. The average Bonchev–Trinajstić information content (AvgIpc) is 3.26. The van der Waals surface area contributed by atoms with Gasteiger partial charge in [0.05, 0.1) is 45.6 Å². The molecule has 2 heterocycles. The topological polar surface area (TPSA) is 137 Å². The number of carbonyl (C=O) groups is 2. The van der Waals surface area contributed by atoms with Gasteiger partial charge >= 0.3 is 5.97 Å². The quantitative estimate of drug-likeness (QED) is 0.0676. The number of Topliss-reactive ketones (excluding diaryl/α,β-unsaturated/α-hetero) is 1. The number of hydrogen-bond acceptors (Lipinski definition) is 12. The van der Waals surface area contributed by atoms with Gasteiger partial charge in [-0.3, -0.25) is 9.59 Å². The maximum absolute atomic E-state index is 13.8. The van der Waals surface area contributed by atoms with Crippen molar-refractivity contribution in [3.05, 3.63) is 143 Å². The Morgan fingerprint density at radius 2 is 1.11 bits per heavy atom. The number of aliphatic hydroxyl groups excluding tert-OH is 1. The highest BCUT2D eigenvalue weighted by Crippen LogP contribution is 2.40. The number of hydrogen-bond donors (Lipinski definition) is 1. The van der Waals surface area contributed by atoms with Crippen molar-refractivity contribution in [2.24, 2.45) is 5.92 Å². The molecule has 0 aromatic heterocycles. The number of ether oxygens (including phenoxy) is 8. The zero-order chi connectivity index (χ0) is 45.9. The van der Waals surface area contributed by atoms with Gasteiger partial charge in [-0.25, -0.2) is 0 Å². The van der Waals surface area contributed by atoms with Gasteiger partial charge in [0.1, 0.15) is 42.4 Å². The third-order valence-corrected chi connectivity index (χ3v) is 16.7. The van der Waals surface area contributed by atoms with Crippen molar-refractivity contribution in [1.29, 1.82) is 0 Å². The number of esters is 1. The lowest BCUT2D eigenvalue weighted by Crippen LogP contribution is -2.66. The number of benzene rings is 4. The van der Waals surface area contributed by atoms with Gasteiger partial charge in [-0.05, 0) is 54.2 Å². The van der Waals surface area contributed by atoms with Crippen LogP contribution in [0.5, 0.6) is 0 Å². The highest BCUT2D eigenvalue weighted by Gasteiger charge is 2.55. The molecular formula is C51H66O12Si. The molecule has 346 valence electrons. The molecule has 0 radical (unpaired) electrons. The Morgan fingerprint density at radius 3 is 1.62 bits per heavy atom. The molecule has 0 aliphatic carbocycles. The van der Waals surface area contributed by atoms with E-state index >= 15 is 0 Å². The minimum Gasteiger partial charge on any atom is -0.454 e. The van der Waals surface area contributed by atoms with E-state index in [4.69, 9.17) is 42.3 Å². The maximum Gasteiger partial charge on any atom is 0.303 e. The van der Waals surface area contributed by atoms with Crippen molar-refractivity contribution >= 4 is 20.1 Å². The molecule has 6 rings (SSSR count). The largest absolute Gasteiger partial charge is 0.454 e. The van der Waals surface area contributed by atoms with E-state index in [2.05, 4.69) is 33.9 Å². The van der Waals surface area contributed by atoms with E-state index in [0.29, 0.717) is 0 Å². The van der Waals surface area contributed by atoms with Gasteiger partial charge in [0.25, 0.3) is 0 Å². The summed E-state index contributed by atoms with van der Waals surface area (Å²) in [6, 6.07) is 36.9. The highest BCUT2D eigenvalue weighted by atomic mass is 28.4. The van der Waals surface area contributed by atoms with E-state index in [1.54, 1.807) is 0 Å². The minimum atomic E-state index is -2.37. The van der Waals surface area contributed by atoms with Crippen LogP contribution < -0.4 is 0 Å². The van der Waals surface area contributed by atoms with Gasteiger partial charge < -0.3 is 47.4 Å². The monoisotopic (exact) mass is 898 g/mol. The molecule has 0 amide bonds. The molecule has 2 fully saturated rings. The zero-order valence-electron chi connectivity index (χ0n) is 38.4. The van der Waals surface area contributed by atoms with Crippen LogP contribution in [0.25, 0.3) is 0 Å². The van der Waals surface area contributed by atoms with E-state index in [0.717, 1.165) is 27.8 Å². The maximum atomic E-state index is 13.8. The summed E-state index contributed by atoms with van der Waals surface area (Å²) < 4.78 is 59.1. The Kier molecular flexibility index (Phi) is 17.6. The van der Waals surface area contributed by atoms with Crippen molar-refractivity contribution in [2.75, 3.05) is 13.2 Å². The van der Waals surface area contributed by atoms with Crippen LogP contribution in [0.2, 0.25) is 18.1 Å². The van der Waals surface area contributed by atoms with Crippen LogP contribution in [-0.2, 0) is 78.3 Å². The summed E-state index contributed by atoms with van der Waals surface area (Å²) in [5.41, 5.74) is 4.73. The molecule has 1 N–H and O–H groups in total. The second kappa shape index (κ2) is 22.9. The molecule has 2 saturated heterocycles. The SMILES string of the molecule is CC(=O)O[C@H]1[C@H](O[C@H]2[C@H](O)[C@@H](COCc3ccc(C)cc3)O[C@@H](OCc3ccccc3)[C@@H]2C(C)=O)O[C@H](CO[Si](C)(C)C(C)(C)C)[C@@H](OCc2ccccc2)[C@@H]1OCc1ccccc1. The Bertz CT molecular complexity index is 2030. The molecule has 2 aliphatic heterocycles. The summed E-state index contributed by atoms with van der Waals surface area (Å²) in [5.74, 6) is -2.10. The molecule has 12 nitrogen and oxygen atoms in total. The summed E-state index contributed by atoms with van der Waals surface area (Å²) in [6.07, 6.45) is -10.1. The molecule has 0 bridgehead atoms. The normalized spacial score (nSPS) is 26.3. The Labute approximate surface area is 379 Å². The fraction of sp³-hybridized carbons (Fsp3) is 0.490. The summed E-state index contributed by atoms with van der Waals surface area (Å²) >= 11 is 0. The number of rotatable bonds is 20. The molecular weight excluding hydrogens is 833 g/mol. The molecule has 64 heavy (non-hydrogen) atoms. The summed E-state index contributed by atoms with van der Waals surface area (Å²) in [5, 5.41) is 12.1. The lowest BCUT2D eigenvalue weighted by Gasteiger charge is -2.49. The van der Waals surface area contributed by atoms with Gasteiger partial charge in [-0.1, -0.05) is 142 Å². The summed E-state index contributed by atoms with van der Waals surface area (Å²) in [7, 11) is -2.37. The summed E-state index contributed by atoms with van der Waals surface area (Å²) in [6.45, 7) is 16.3. The van der Waals surface area contributed by atoms with Crippen LogP contribution in [-0.4, -0.2) is 93.7 Å². The molecule has 2 aliphatic rings. The van der Waals surface area contributed by atoms with Crippen LogP contribution >= 0.6 is 0 Å². The van der Waals surface area contributed by atoms with Crippen molar-refractivity contribution in [3.8, 4) is 0 Å². The lowest BCUT2D eigenvalue weighted by molar-refractivity contribution is -0.357. The Hall–Kier alpha value is -4.12. The number of aryl methyl sites for hydroxylation is 1. The van der Waals surface area contributed by atoms with Crippen molar-refractivity contribution < 1.29 is 57.0 Å². The van der Waals surface area contributed by atoms with Crippen LogP contribution in [0.15, 0.2) is 115 Å². The van der Waals surface area contributed by atoms with Gasteiger partial charge in [0, 0.05) is 6.92 Å². The van der Waals surface area contributed by atoms with E-state index in [-0.39, 0.29) is 50.5 Å². The second-order valence-corrected chi connectivity index (χ2v) is 23.1. The van der Waals surface area contributed by atoms with E-state index in [1.807, 2.05) is 122 Å². The average molecular weight is 899 g/mol. The lowest BCUT2D eigenvalue weighted by atomic mass is 9.87. The molecule has 4 aromatic rings. The van der Waals surface area contributed by atoms with Crippen LogP contribution in [0, 0.1) is 12.8 Å². The first-order valence-corrected chi connectivity index (χ1v) is 25.1. The molecule has 0 saturated carbocycles. The van der Waals surface area contributed by atoms with Crippen molar-refractivity contribution in [2.45, 2.75) is 141 Å². The molecule has 0 unspecified atom stereocenters. The van der Waals surface area contributed by atoms with E-state index in [9.17, 15) is 14.7 Å². The van der Waals surface area contributed by atoms with Crippen molar-refractivity contribution in [1.82, 2.24) is 0 Å². The van der Waals surface area contributed by atoms with Gasteiger partial charge in [0.2, 0.25) is 0 Å². The number of aliphatic hydroxyl groups is 1. The van der Waals surface area contributed by atoms with E-state index < -0.39 is 75.5 Å². The van der Waals surface area contributed by atoms with Crippen LogP contribution in [0.3, 0.4) is 0 Å². The third kappa shape index (κ3) is 13.5. The Morgan fingerprint density at radius 1 is 0.609 bits per heavy atom. The fourth-order valence-corrected chi connectivity index (χ4v) is 8.55. The molecule has 10 atom stereocenters. The molecule has 4 aromatic carbocycles. The first-order valence-electron chi connectivity index (χ1n) is 22.2. The van der Waals surface area contributed by atoms with Gasteiger partial charge in [-0.15, -0.1) is 0 Å². The van der Waals surface area contributed by atoms with Crippen molar-refractivity contribution in [3.63, 3.8) is 0 Å². The van der Waals surface area contributed by atoms with Gasteiger partial charge in [-0.2, -0.15) is 0 Å². The highest BCUT2D eigenvalue weighted by molar-refractivity contribution is 6.74. The fourth-order valence-electron chi connectivity index (χ4n) is 7.54. The van der Waals surface area contributed by atoms with Crippen LogP contribution in [0.4, 0.5) is 0 Å². The number of ketones is 1. The third-order valence-electron chi connectivity index (χ3n) is 12.2. The Balaban J connectivity index is 1.37. The molecule has 13 heteroatoms. The second-order valence-electron chi connectivity index (χ2n) is 18.3. The smallest absolute Gasteiger partial charge is 0.303 e. The first kappa shape index (κ1) is 49.3. The zero-order valence-corrected chi connectivity index (χ0v) is 39.4. The van der Waals surface area contributed by atoms with E-state index in [1.165, 1.54) is 13.8 Å². The minimum absolute atomic E-state index is 0.0508. The standard InChI is InChI=1S/C51H66O12Si/c1-34-24-26-40(27-25-34)28-55-32-41-44(54)46(43(35(2)52)49(61-41)58-31-39-22-16-11-17-23-39)63-50-48(60-36(3)53)47(57-30-38-20-14-10-15-21-38)45(56-29-37-18-12-9-13-19-37)42(62-50)33-59-64(7,8)51(4,5)6/h9-27,41-50,54H,28-33H2,1-8H3/t41-,42-,43-,44-,45-,46-,47+,48-,49-,50+/m1/s1. The van der Waals surface area contributed by atoms with Crippen LogP contribution in [0.1, 0.15) is 62.4 Å². The predicted molar refractivity (Wildman–Crippen MR) is 243 cm³/mol. The summed E-state index contributed by atoms with van der Waals surface area (Å²) in [4.78, 5) is 26.9. The first-order chi connectivity index (χ1) is 30.6.